The SMILES string of the molecule is CC(Cc1c[nH]nn1)c1ccccc1. The van der Waals surface area contributed by atoms with E-state index in [1.54, 1.807) is 0 Å². The normalized spacial score (nSPS) is 12.6. The van der Waals surface area contributed by atoms with Gasteiger partial charge < -0.3 is 0 Å². The van der Waals surface area contributed by atoms with Crippen LogP contribution in [0.1, 0.15) is 24.1 Å². The smallest absolute Gasteiger partial charge is 0.0830 e. The van der Waals surface area contributed by atoms with Crippen LogP contribution in [0.5, 0.6) is 0 Å². The lowest BCUT2D eigenvalue weighted by atomic mass is 9.97. The molecule has 1 aromatic heterocycles. The molecule has 1 N–H and O–H groups in total. The Hall–Kier alpha value is -1.64. The summed E-state index contributed by atoms with van der Waals surface area (Å²) in [5.74, 6) is 0.487. The van der Waals surface area contributed by atoms with Crippen LogP contribution in [0.3, 0.4) is 0 Å². The molecule has 3 nitrogen and oxygen atoms in total. The van der Waals surface area contributed by atoms with Crippen LogP contribution in [0.2, 0.25) is 0 Å². The van der Waals surface area contributed by atoms with Crippen LogP contribution in [0, 0.1) is 0 Å². The maximum absolute atomic E-state index is 3.98. The lowest BCUT2D eigenvalue weighted by Gasteiger charge is -2.08. The first kappa shape index (κ1) is 8.94. The molecule has 72 valence electrons. The number of rotatable bonds is 3. The monoisotopic (exact) mass is 187 g/mol. The summed E-state index contributed by atoms with van der Waals surface area (Å²) in [7, 11) is 0. The number of hydrogen-bond donors (Lipinski definition) is 1. The van der Waals surface area contributed by atoms with E-state index < -0.39 is 0 Å². The van der Waals surface area contributed by atoms with Gasteiger partial charge in [0.05, 0.1) is 5.69 Å². The Labute approximate surface area is 83.2 Å². The fourth-order valence-electron chi connectivity index (χ4n) is 1.54. The summed E-state index contributed by atoms with van der Waals surface area (Å²) in [6, 6.07) is 10.4. The average molecular weight is 187 g/mol. The zero-order valence-corrected chi connectivity index (χ0v) is 8.14. The average Bonchev–Trinajstić information content (AvgIpc) is 2.72. The molecular weight excluding hydrogens is 174 g/mol. The van der Waals surface area contributed by atoms with Crippen LogP contribution in [-0.4, -0.2) is 15.4 Å². The van der Waals surface area contributed by atoms with Crippen molar-refractivity contribution in [2.75, 3.05) is 0 Å². The van der Waals surface area contributed by atoms with Gasteiger partial charge in [0.15, 0.2) is 0 Å². The van der Waals surface area contributed by atoms with Crippen molar-refractivity contribution in [3.63, 3.8) is 0 Å². The second-order valence-corrected chi connectivity index (χ2v) is 3.48. The minimum Gasteiger partial charge on any atom is -0.265 e. The van der Waals surface area contributed by atoms with Gasteiger partial charge >= 0.3 is 0 Å². The zero-order valence-electron chi connectivity index (χ0n) is 8.14. The van der Waals surface area contributed by atoms with Gasteiger partial charge in [-0.15, -0.1) is 5.10 Å². The van der Waals surface area contributed by atoms with Crippen LogP contribution in [0.15, 0.2) is 36.5 Å². The van der Waals surface area contributed by atoms with E-state index in [-0.39, 0.29) is 0 Å². The van der Waals surface area contributed by atoms with Crippen LogP contribution >= 0.6 is 0 Å². The van der Waals surface area contributed by atoms with E-state index in [0.29, 0.717) is 5.92 Å². The molecule has 1 aromatic carbocycles. The van der Waals surface area contributed by atoms with Crippen molar-refractivity contribution in [1.29, 1.82) is 0 Å². The van der Waals surface area contributed by atoms with Crippen LogP contribution in [0.4, 0.5) is 0 Å². The van der Waals surface area contributed by atoms with Gasteiger partial charge in [-0.05, 0) is 17.9 Å². The van der Waals surface area contributed by atoms with Crippen molar-refractivity contribution < 1.29 is 0 Å². The Kier molecular flexibility index (Phi) is 2.58. The number of hydrogen-bond acceptors (Lipinski definition) is 2. The molecule has 0 aliphatic carbocycles. The lowest BCUT2D eigenvalue weighted by Crippen LogP contribution is -1.98. The van der Waals surface area contributed by atoms with Gasteiger partial charge in [-0.1, -0.05) is 42.5 Å². The quantitative estimate of drug-likeness (QED) is 0.800. The Morgan fingerprint density at radius 3 is 2.71 bits per heavy atom. The largest absolute Gasteiger partial charge is 0.265 e. The molecule has 0 amide bonds. The number of nitrogens with one attached hydrogen (secondary N) is 1. The van der Waals surface area contributed by atoms with E-state index in [1.807, 2.05) is 12.3 Å². The Morgan fingerprint density at radius 1 is 1.29 bits per heavy atom. The molecule has 0 fully saturated rings. The van der Waals surface area contributed by atoms with Gasteiger partial charge in [0.1, 0.15) is 0 Å². The molecule has 2 rings (SSSR count). The van der Waals surface area contributed by atoms with Crippen molar-refractivity contribution >= 4 is 0 Å². The summed E-state index contributed by atoms with van der Waals surface area (Å²) in [6.07, 6.45) is 2.78. The van der Waals surface area contributed by atoms with Gasteiger partial charge in [-0.25, -0.2) is 0 Å². The minimum atomic E-state index is 0.487. The molecule has 1 heterocycles. The minimum absolute atomic E-state index is 0.487. The highest BCUT2D eigenvalue weighted by molar-refractivity contribution is 5.20. The number of benzene rings is 1. The van der Waals surface area contributed by atoms with E-state index >= 15 is 0 Å². The van der Waals surface area contributed by atoms with Gasteiger partial charge in [0.25, 0.3) is 0 Å². The molecule has 1 atom stereocenters. The number of nitrogens with zero attached hydrogens (tertiary/aromatic N) is 2. The maximum atomic E-state index is 3.98. The first-order chi connectivity index (χ1) is 6.86. The van der Waals surface area contributed by atoms with Crippen molar-refractivity contribution in [2.24, 2.45) is 0 Å². The molecule has 0 spiro atoms. The van der Waals surface area contributed by atoms with Crippen LogP contribution in [0.25, 0.3) is 0 Å². The Bertz CT molecular complexity index is 367. The molecule has 2 aromatic rings. The van der Waals surface area contributed by atoms with E-state index in [1.165, 1.54) is 5.56 Å². The molecule has 14 heavy (non-hydrogen) atoms. The second-order valence-electron chi connectivity index (χ2n) is 3.48. The first-order valence-corrected chi connectivity index (χ1v) is 4.76. The molecule has 0 aliphatic rings. The Morgan fingerprint density at radius 2 is 2.07 bits per heavy atom. The summed E-state index contributed by atoms with van der Waals surface area (Å²) >= 11 is 0. The Balaban J connectivity index is 2.07. The highest BCUT2D eigenvalue weighted by atomic mass is 15.3. The van der Waals surface area contributed by atoms with Gasteiger partial charge in [-0.2, -0.15) is 0 Å². The van der Waals surface area contributed by atoms with Gasteiger partial charge in [0.2, 0.25) is 0 Å². The topological polar surface area (TPSA) is 41.6 Å². The molecule has 3 heteroatoms. The molecular formula is C11H13N3. The summed E-state index contributed by atoms with van der Waals surface area (Å²) in [5, 5.41) is 10.4. The van der Waals surface area contributed by atoms with E-state index in [0.717, 1.165) is 12.1 Å². The molecule has 0 saturated carbocycles. The molecule has 0 aliphatic heterocycles. The summed E-state index contributed by atoms with van der Waals surface area (Å²) in [6.45, 7) is 2.20. The lowest BCUT2D eigenvalue weighted by molar-refractivity contribution is 0.736. The number of aromatic nitrogens is 3. The summed E-state index contributed by atoms with van der Waals surface area (Å²) < 4.78 is 0. The number of aromatic amines is 1. The molecule has 0 saturated heterocycles. The summed E-state index contributed by atoms with van der Waals surface area (Å²) in [4.78, 5) is 0. The third-order valence-electron chi connectivity index (χ3n) is 2.35. The van der Waals surface area contributed by atoms with Crippen molar-refractivity contribution in [3.05, 3.63) is 47.8 Å². The first-order valence-electron chi connectivity index (χ1n) is 4.76. The van der Waals surface area contributed by atoms with Crippen LogP contribution < -0.4 is 0 Å². The zero-order chi connectivity index (χ0) is 9.80. The fourth-order valence-corrected chi connectivity index (χ4v) is 1.54. The molecule has 0 radical (unpaired) electrons. The highest BCUT2D eigenvalue weighted by Crippen LogP contribution is 2.18. The maximum Gasteiger partial charge on any atom is 0.0830 e. The number of H-pyrrole nitrogens is 1. The standard InChI is InChI=1S/C11H13N3/c1-9(7-11-8-12-14-13-11)10-5-3-2-4-6-10/h2-6,8-9H,7H2,1H3,(H,12,13,14). The van der Waals surface area contributed by atoms with Gasteiger partial charge in [-0.3, -0.25) is 5.10 Å². The highest BCUT2D eigenvalue weighted by Gasteiger charge is 2.07. The fraction of sp³-hybridized carbons (Fsp3) is 0.273. The van der Waals surface area contributed by atoms with E-state index in [2.05, 4.69) is 46.6 Å². The molecule has 0 bridgehead atoms. The van der Waals surface area contributed by atoms with Gasteiger partial charge in [0, 0.05) is 6.20 Å². The van der Waals surface area contributed by atoms with E-state index in [4.69, 9.17) is 0 Å². The third kappa shape index (κ3) is 1.99. The molecule has 1 unspecified atom stereocenters. The van der Waals surface area contributed by atoms with Crippen molar-refractivity contribution in [3.8, 4) is 0 Å². The third-order valence-corrected chi connectivity index (χ3v) is 2.35. The predicted molar refractivity (Wildman–Crippen MR) is 54.9 cm³/mol. The van der Waals surface area contributed by atoms with Crippen molar-refractivity contribution in [2.45, 2.75) is 19.3 Å². The van der Waals surface area contributed by atoms with E-state index in [9.17, 15) is 0 Å². The predicted octanol–water partition coefficient (Wildman–Crippen LogP) is 2.15. The van der Waals surface area contributed by atoms with Crippen molar-refractivity contribution in [1.82, 2.24) is 15.4 Å². The summed E-state index contributed by atoms with van der Waals surface area (Å²) in [5.41, 5.74) is 2.36. The second kappa shape index (κ2) is 4.05. The van der Waals surface area contributed by atoms with Crippen LogP contribution in [-0.2, 0) is 6.42 Å².